The molecule has 132 valence electrons. The van der Waals surface area contributed by atoms with Crippen LogP contribution >= 0.6 is 12.4 Å². The van der Waals surface area contributed by atoms with Crippen molar-refractivity contribution in [3.63, 3.8) is 0 Å². The Morgan fingerprint density at radius 1 is 1.38 bits per heavy atom. The minimum absolute atomic E-state index is 0. The Labute approximate surface area is 143 Å². The third-order valence-corrected chi connectivity index (χ3v) is 3.54. The van der Waals surface area contributed by atoms with E-state index >= 15 is 0 Å². The average molecular weight is 361 g/mol. The van der Waals surface area contributed by atoms with Crippen LogP contribution in [-0.4, -0.2) is 72.6 Å². The van der Waals surface area contributed by atoms with Crippen molar-refractivity contribution in [2.24, 2.45) is 5.10 Å². The van der Waals surface area contributed by atoms with Gasteiger partial charge in [-0.05, 0) is 6.07 Å². The number of hydrazone groups is 1. The highest BCUT2D eigenvalue weighted by Gasteiger charge is 2.32. The first-order chi connectivity index (χ1) is 11.1. The number of hydrogen-bond acceptors (Lipinski definition) is 8. The molecular formula is C13H17ClN4O6. The molecule has 1 aromatic rings. The lowest BCUT2D eigenvalue weighted by Crippen LogP contribution is -2.41. The summed E-state index contributed by atoms with van der Waals surface area (Å²) in [6.45, 7) is 3.95. The largest absolute Gasteiger partial charge is 0.441 e. The maximum absolute atomic E-state index is 11.8. The van der Waals surface area contributed by atoms with Crippen molar-refractivity contribution in [1.29, 1.82) is 0 Å². The van der Waals surface area contributed by atoms with Crippen LogP contribution < -0.4 is 0 Å². The highest BCUT2D eigenvalue weighted by molar-refractivity contribution is 5.85. The molecule has 2 saturated heterocycles. The van der Waals surface area contributed by atoms with E-state index in [2.05, 4.69) is 10.0 Å². The molecule has 1 aromatic heterocycles. The number of carbonyl (C=O) groups is 1. The van der Waals surface area contributed by atoms with E-state index in [9.17, 15) is 14.9 Å². The van der Waals surface area contributed by atoms with Gasteiger partial charge in [-0.3, -0.25) is 15.0 Å². The number of nitrogens with zero attached hydrogens (tertiary/aromatic N) is 4. The monoisotopic (exact) mass is 360 g/mol. The summed E-state index contributed by atoms with van der Waals surface area (Å²) in [6.07, 6.45) is 0.454. The molecular weight excluding hydrogens is 344 g/mol. The third-order valence-electron chi connectivity index (χ3n) is 3.54. The van der Waals surface area contributed by atoms with Crippen LogP contribution in [0.4, 0.5) is 10.7 Å². The summed E-state index contributed by atoms with van der Waals surface area (Å²) < 4.78 is 15.5. The van der Waals surface area contributed by atoms with Gasteiger partial charge in [0.25, 0.3) is 0 Å². The third kappa shape index (κ3) is 4.43. The molecule has 1 unspecified atom stereocenters. The molecule has 1 amide bonds. The maximum atomic E-state index is 11.8. The van der Waals surface area contributed by atoms with Crippen LogP contribution in [0, 0.1) is 10.1 Å². The number of ether oxygens (including phenoxy) is 2. The van der Waals surface area contributed by atoms with Gasteiger partial charge in [-0.25, -0.2) is 4.79 Å². The van der Waals surface area contributed by atoms with Crippen molar-refractivity contribution in [3.05, 3.63) is 28.0 Å². The van der Waals surface area contributed by atoms with Crippen molar-refractivity contribution in [2.45, 2.75) is 6.10 Å². The van der Waals surface area contributed by atoms with Gasteiger partial charge in [0.2, 0.25) is 0 Å². The second kappa shape index (κ2) is 8.08. The first-order valence-corrected chi connectivity index (χ1v) is 7.18. The number of hydrogen-bond donors (Lipinski definition) is 0. The molecule has 24 heavy (non-hydrogen) atoms. The molecule has 2 aliphatic rings. The summed E-state index contributed by atoms with van der Waals surface area (Å²) in [5.41, 5.74) is 0. The van der Waals surface area contributed by atoms with E-state index in [1.165, 1.54) is 23.4 Å². The van der Waals surface area contributed by atoms with Crippen LogP contribution in [-0.2, 0) is 9.47 Å². The molecule has 0 aromatic carbocycles. The van der Waals surface area contributed by atoms with E-state index < -0.39 is 11.0 Å². The second-order valence-electron chi connectivity index (χ2n) is 5.18. The molecule has 3 rings (SSSR count). The van der Waals surface area contributed by atoms with Crippen molar-refractivity contribution in [3.8, 4) is 0 Å². The number of morpholine rings is 1. The van der Waals surface area contributed by atoms with Gasteiger partial charge >= 0.3 is 12.0 Å². The number of carbonyl (C=O) groups excluding carboxylic acids is 1. The molecule has 0 bridgehead atoms. The minimum Gasteiger partial charge on any atom is -0.441 e. The number of nitro groups is 1. The van der Waals surface area contributed by atoms with Crippen molar-refractivity contribution in [2.75, 3.05) is 39.4 Å². The predicted octanol–water partition coefficient (Wildman–Crippen LogP) is 1.10. The fourth-order valence-corrected chi connectivity index (χ4v) is 2.41. The Hall–Kier alpha value is -2.17. The van der Waals surface area contributed by atoms with Gasteiger partial charge in [0, 0.05) is 19.6 Å². The molecule has 0 N–H and O–H groups in total. The summed E-state index contributed by atoms with van der Waals surface area (Å²) >= 11 is 0. The first kappa shape index (κ1) is 18.2. The van der Waals surface area contributed by atoms with E-state index in [1.807, 2.05) is 0 Å². The van der Waals surface area contributed by atoms with Crippen LogP contribution in [0.2, 0.25) is 0 Å². The van der Waals surface area contributed by atoms with Gasteiger partial charge in [-0.1, -0.05) is 0 Å². The number of rotatable bonds is 5. The number of furan rings is 1. The fourth-order valence-electron chi connectivity index (χ4n) is 2.41. The van der Waals surface area contributed by atoms with E-state index in [1.54, 1.807) is 0 Å². The van der Waals surface area contributed by atoms with Crippen molar-refractivity contribution < 1.29 is 23.6 Å². The molecule has 2 fully saturated rings. The van der Waals surface area contributed by atoms with Gasteiger partial charge in [0.1, 0.15) is 11.0 Å². The van der Waals surface area contributed by atoms with Gasteiger partial charge in [-0.15, -0.1) is 12.4 Å². The summed E-state index contributed by atoms with van der Waals surface area (Å²) in [5, 5.41) is 15.7. The van der Waals surface area contributed by atoms with Gasteiger partial charge in [0.05, 0.1) is 32.0 Å². The molecule has 11 heteroatoms. The van der Waals surface area contributed by atoms with Crippen molar-refractivity contribution in [1.82, 2.24) is 9.91 Å². The number of cyclic esters (lactones) is 1. The average Bonchev–Trinajstić information content (AvgIpc) is 3.13. The first-order valence-electron chi connectivity index (χ1n) is 7.18. The SMILES string of the molecule is Cl.O=C1OC(CN2CCOCC2)CN1N=Cc1ccc([N+](=O)[O-])o1. The summed E-state index contributed by atoms with van der Waals surface area (Å²) in [7, 11) is 0. The maximum Gasteiger partial charge on any atom is 0.433 e. The summed E-state index contributed by atoms with van der Waals surface area (Å²) in [5.74, 6) is -0.179. The summed E-state index contributed by atoms with van der Waals surface area (Å²) in [6, 6.07) is 2.64. The number of halogens is 1. The normalized spacial score (nSPS) is 21.8. The Morgan fingerprint density at radius 3 is 2.79 bits per heavy atom. The molecule has 0 saturated carbocycles. The van der Waals surface area contributed by atoms with E-state index in [4.69, 9.17) is 13.9 Å². The van der Waals surface area contributed by atoms with Crippen LogP contribution in [0.25, 0.3) is 0 Å². The van der Waals surface area contributed by atoms with Crippen LogP contribution in [0.1, 0.15) is 5.76 Å². The minimum atomic E-state index is -0.639. The van der Waals surface area contributed by atoms with Crippen LogP contribution in [0.3, 0.4) is 0 Å². The molecule has 0 aliphatic carbocycles. The van der Waals surface area contributed by atoms with E-state index in [-0.39, 0.29) is 30.2 Å². The zero-order valence-corrected chi connectivity index (χ0v) is 13.5. The quantitative estimate of drug-likeness (QED) is 0.439. The van der Waals surface area contributed by atoms with Crippen LogP contribution in [0.5, 0.6) is 0 Å². The highest BCUT2D eigenvalue weighted by atomic mass is 35.5. The topological polar surface area (TPSA) is 111 Å². The number of amides is 1. The lowest BCUT2D eigenvalue weighted by atomic mass is 10.3. The van der Waals surface area contributed by atoms with E-state index in [0.29, 0.717) is 26.3 Å². The summed E-state index contributed by atoms with van der Waals surface area (Å²) in [4.78, 5) is 23.8. The lowest BCUT2D eigenvalue weighted by Gasteiger charge is -2.27. The molecule has 0 radical (unpaired) electrons. The molecule has 1 atom stereocenters. The van der Waals surface area contributed by atoms with Crippen molar-refractivity contribution >= 4 is 30.6 Å². The Bertz CT molecular complexity index is 615. The molecule has 0 spiro atoms. The molecule has 2 aliphatic heterocycles. The molecule has 10 nitrogen and oxygen atoms in total. The Morgan fingerprint density at radius 2 is 2.12 bits per heavy atom. The Balaban J connectivity index is 0.00000208. The Kier molecular flexibility index (Phi) is 6.12. The fraction of sp³-hybridized carbons (Fsp3) is 0.538. The smallest absolute Gasteiger partial charge is 0.433 e. The lowest BCUT2D eigenvalue weighted by molar-refractivity contribution is -0.402. The van der Waals surface area contributed by atoms with Gasteiger partial charge < -0.3 is 13.9 Å². The van der Waals surface area contributed by atoms with Gasteiger partial charge in [0.15, 0.2) is 5.76 Å². The second-order valence-corrected chi connectivity index (χ2v) is 5.18. The zero-order valence-electron chi connectivity index (χ0n) is 12.7. The zero-order chi connectivity index (χ0) is 16.2. The standard InChI is InChI=1S/C13H16N4O6.ClH/c18-13-16(14-7-10-1-2-12(22-10)17(19)20)9-11(23-13)8-15-3-5-21-6-4-15;/h1-2,7,11H,3-6,8-9H2;1H. The van der Waals surface area contributed by atoms with E-state index in [0.717, 1.165) is 13.1 Å². The van der Waals surface area contributed by atoms with Crippen LogP contribution in [0.15, 0.2) is 21.7 Å². The molecule has 3 heterocycles. The van der Waals surface area contributed by atoms with Gasteiger partial charge in [-0.2, -0.15) is 10.1 Å². The predicted molar refractivity (Wildman–Crippen MR) is 84.4 cm³/mol. The highest BCUT2D eigenvalue weighted by Crippen LogP contribution is 2.16.